The Hall–Kier alpha value is -5.69. The largest absolute Gasteiger partial charge is 0.416 e. The molecule has 49 heavy (non-hydrogen) atoms. The standard InChI is InChI=1S/C42H35F3N4/c1-26-6-11-30(12-7-26)49(32-16-20-36-34-18-8-27(2)22-38(34)47(4)40(36)24-32)33-17-21-37-35-19-15-31(23-39(35)48(5)41(37)25-33)46(3)29-13-9-28(10-14-29)42(43,44)45/h6-25H,1-5H3. The average Bonchev–Trinajstić information content (AvgIpc) is 3.54. The van der Waals surface area contributed by atoms with E-state index in [0.717, 1.165) is 56.7 Å². The highest BCUT2D eigenvalue weighted by molar-refractivity contribution is 6.11. The van der Waals surface area contributed by atoms with Crippen LogP contribution in [0.5, 0.6) is 0 Å². The fourth-order valence-electron chi connectivity index (χ4n) is 7.13. The lowest BCUT2D eigenvalue weighted by Crippen LogP contribution is -2.10. The maximum Gasteiger partial charge on any atom is 0.416 e. The summed E-state index contributed by atoms with van der Waals surface area (Å²) in [5.41, 5.74) is 11.0. The Kier molecular flexibility index (Phi) is 7.00. The summed E-state index contributed by atoms with van der Waals surface area (Å²) >= 11 is 0. The molecule has 0 fully saturated rings. The van der Waals surface area contributed by atoms with E-state index >= 15 is 0 Å². The molecule has 0 unspecified atom stereocenters. The topological polar surface area (TPSA) is 16.3 Å². The van der Waals surface area contributed by atoms with Gasteiger partial charge in [-0.3, -0.25) is 0 Å². The highest BCUT2D eigenvalue weighted by atomic mass is 19.4. The molecule has 0 atom stereocenters. The summed E-state index contributed by atoms with van der Waals surface area (Å²) < 4.78 is 44.0. The molecule has 4 nitrogen and oxygen atoms in total. The van der Waals surface area contributed by atoms with Gasteiger partial charge in [-0.1, -0.05) is 48.0 Å². The number of hydrogen-bond acceptors (Lipinski definition) is 2. The zero-order chi connectivity index (χ0) is 34.2. The van der Waals surface area contributed by atoms with Gasteiger partial charge in [0, 0.05) is 76.6 Å². The van der Waals surface area contributed by atoms with E-state index in [2.05, 4.69) is 133 Å². The molecule has 0 radical (unpaired) electrons. The van der Waals surface area contributed by atoms with E-state index in [1.54, 1.807) is 0 Å². The van der Waals surface area contributed by atoms with Crippen molar-refractivity contribution < 1.29 is 13.2 Å². The van der Waals surface area contributed by atoms with Crippen LogP contribution in [0.3, 0.4) is 0 Å². The van der Waals surface area contributed by atoms with E-state index in [-0.39, 0.29) is 0 Å². The van der Waals surface area contributed by atoms with Crippen LogP contribution in [0.25, 0.3) is 43.6 Å². The van der Waals surface area contributed by atoms with Crippen molar-refractivity contribution in [2.45, 2.75) is 20.0 Å². The van der Waals surface area contributed by atoms with Crippen molar-refractivity contribution in [2.24, 2.45) is 14.1 Å². The molecule has 0 bridgehead atoms. The molecule has 6 aromatic carbocycles. The minimum absolute atomic E-state index is 0.656. The Morgan fingerprint density at radius 1 is 0.449 bits per heavy atom. The Morgan fingerprint density at radius 2 is 0.837 bits per heavy atom. The number of hydrogen-bond donors (Lipinski definition) is 0. The monoisotopic (exact) mass is 652 g/mol. The van der Waals surface area contributed by atoms with Crippen molar-refractivity contribution in [1.29, 1.82) is 0 Å². The van der Waals surface area contributed by atoms with Gasteiger partial charge in [-0.05, 0) is 98.3 Å². The Bertz CT molecular complexity index is 2540. The molecular formula is C42H35F3N4. The zero-order valence-electron chi connectivity index (χ0n) is 28.0. The second-order valence-electron chi connectivity index (χ2n) is 13.0. The predicted octanol–water partition coefficient (Wildman–Crippen LogP) is 11.8. The SMILES string of the molecule is Cc1ccc(N(c2ccc3c4ccc(C)cc4n(C)c3c2)c2ccc3c4ccc(N(C)c5ccc(C(F)(F)F)cc5)cc4n(C)c3c2)cc1. The van der Waals surface area contributed by atoms with Crippen molar-refractivity contribution in [1.82, 2.24) is 9.13 Å². The van der Waals surface area contributed by atoms with Gasteiger partial charge in [0.25, 0.3) is 0 Å². The van der Waals surface area contributed by atoms with Gasteiger partial charge < -0.3 is 18.9 Å². The van der Waals surface area contributed by atoms with E-state index in [4.69, 9.17) is 0 Å². The lowest BCUT2D eigenvalue weighted by Gasteiger charge is -2.26. The first kappa shape index (κ1) is 30.6. The summed E-state index contributed by atoms with van der Waals surface area (Å²) in [5, 5.41) is 4.72. The normalized spacial score (nSPS) is 12.1. The van der Waals surface area contributed by atoms with Gasteiger partial charge in [-0.25, -0.2) is 0 Å². The van der Waals surface area contributed by atoms with E-state index in [1.807, 2.05) is 18.0 Å². The van der Waals surface area contributed by atoms with Gasteiger partial charge in [0.05, 0.1) is 22.1 Å². The summed E-state index contributed by atoms with van der Waals surface area (Å²) in [6.07, 6.45) is -4.37. The molecule has 2 heterocycles. The third kappa shape index (κ3) is 5.08. The van der Waals surface area contributed by atoms with E-state index in [1.165, 1.54) is 45.1 Å². The van der Waals surface area contributed by atoms with Crippen molar-refractivity contribution in [3.63, 3.8) is 0 Å². The van der Waals surface area contributed by atoms with Crippen LogP contribution in [0, 0.1) is 13.8 Å². The van der Waals surface area contributed by atoms with Gasteiger partial charge >= 0.3 is 6.18 Å². The van der Waals surface area contributed by atoms with Crippen LogP contribution in [0.2, 0.25) is 0 Å². The minimum Gasteiger partial charge on any atom is -0.345 e. The number of aryl methyl sites for hydroxylation is 4. The Morgan fingerprint density at radius 3 is 1.35 bits per heavy atom. The molecule has 0 N–H and O–H groups in total. The summed E-state index contributed by atoms with van der Waals surface area (Å²) in [4.78, 5) is 4.22. The van der Waals surface area contributed by atoms with Crippen LogP contribution in [-0.4, -0.2) is 16.2 Å². The van der Waals surface area contributed by atoms with Gasteiger partial charge in [-0.15, -0.1) is 0 Å². The lowest BCUT2D eigenvalue weighted by molar-refractivity contribution is -0.137. The smallest absolute Gasteiger partial charge is 0.345 e. The maximum atomic E-state index is 13.2. The summed E-state index contributed by atoms with van der Waals surface area (Å²) in [5.74, 6) is 0. The van der Waals surface area contributed by atoms with Crippen LogP contribution in [0.1, 0.15) is 16.7 Å². The van der Waals surface area contributed by atoms with Gasteiger partial charge in [0.1, 0.15) is 0 Å². The predicted molar refractivity (Wildman–Crippen MR) is 198 cm³/mol. The molecule has 7 heteroatoms. The lowest BCUT2D eigenvalue weighted by atomic mass is 10.1. The molecule has 0 aliphatic heterocycles. The number of benzene rings is 6. The molecular weight excluding hydrogens is 617 g/mol. The molecule has 0 aliphatic carbocycles. The van der Waals surface area contributed by atoms with Crippen molar-refractivity contribution in [3.8, 4) is 0 Å². The van der Waals surface area contributed by atoms with Gasteiger partial charge in [0.2, 0.25) is 0 Å². The number of nitrogens with zero attached hydrogens (tertiary/aromatic N) is 4. The number of anilines is 5. The number of alkyl halides is 3. The van der Waals surface area contributed by atoms with Crippen LogP contribution in [-0.2, 0) is 20.3 Å². The highest BCUT2D eigenvalue weighted by Gasteiger charge is 2.30. The van der Waals surface area contributed by atoms with Crippen molar-refractivity contribution in [3.05, 3.63) is 138 Å². The fraction of sp³-hybridized carbons (Fsp3) is 0.143. The Balaban J connectivity index is 1.24. The second-order valence-corrected chi connectivity index (χ2v) is 13.0. The summed E-state index contributed by atoms with van der Waals surface area (Å²) in [7, 11) is 6.07. The number of rotatable bonds is 5. The first-order chi connectivity index (χ1) is 23.5. The molecule has 0 aliphatic rings. The molecule has 8 rings (SSSR count). The summed E-state index contributed by atoms with van der Waals surface area (Å²) in [6.45, 7) is 4.23. The van der Waals surface area contributed by atoms with Crippen molar-refractivity contribution >= 4 is 72.0 Å². The third-order valence-corrected chi connectivity index (χ3v) is 9.90. The van der Waals surface area contributed by atoms with Crippen LogP contribution < -0.4 is 9.80 Å². The first-order valence-corrected chi connectivity index (χ1v) is 16.3. The molecule has 8 aromatic rings. The fourth-order valence-corrected chi connectivity index (χ4v) is 7.13. The molecule has 0 spiro atoms. The average molecular weight is 653 g/mol. The Labute approximate surface area is 282 Å². The van der Waals surface area contributed by atoms with E-state index in [9.17, 15) is 13.2 Å². The van der Waals surface area contributed by atoms with E-state index < -0.39 is 11.7 Å². The third-order valence-electron chi connectivity index (χ3n) is 9.90. The van der Waals surface area contributed by atoms with Crippen LogP contribution in [0.4, 0.5) is 41.6 Å². The van der Waals surface area contributed by atoms with Crippen molar-refractivity contribution in [2.75, 3.05) is 16.8 Å². The zero-order valence-corrected chi connectivity index (χ0v) is 28.0. The maximum absolute atomic E-state index is 13.2. The van der Waals surface area contributed by atoms with Crippen LogP contribution in [0.15, 0.2) is 121 Å². The first-order valence-electron chi connectivity index (χ1n) is 16.3. The van der Waals surface area contributed by atoms with E-state index in [0.29, 0.717) is 5.69 Å². The molecule has 0 saturated carbocycles. The molecule has 0 saturated heterocycles. The quantitative estimate of drug-likeness (QED) is 0.184. The number of aromatic nitrogens is 2. The number of fused-ring (bicyclic) bond motifs is 6. The number of halogens is 3. The van der Waals surface area contributed by atoms with Gasteiger partial charge in [-0.2, -0.15) is 13.2 Å². The summed E-state index contributed by atoms with van der Waals surface area (Å²) in [6, 6.07) is 40.1. The van der Waals surface area contributed by atoms with Gasteiger partial charge in [0.15, 0.2) is 0 Å². The minimum atomic E-state index is -4.37. The molecule has 0 amide bonds. The highest BCUT2D eigenvalue weighted by Crippen LogP contribution is 2.41. The molecule has 2 aromatic heterocycles. The molecule has 244 valence electrons. The van der Waals surface area contributed by atoms with Crippen LogP contribution >= 0.6 is 0 Å². The second kappa shape index (κ2) is 11.2.